The molecule has 150 valence electrons. The number of para-hydroxylation sites is 2. The summed E-state index contributed by atoms with van der Waals surface area (Å²) in [6.45, 7) is 0.285. The number of hydrogen-bond acceptors (Lipinski definition) is 5. The molecule has 0 spiro atoms. The molecule has 0 saturated heterocycles. The van der Waals surface area contributed by atoms with E-state index in [-0.39, 0.29) is 18.9 Å². The molecule has 0 saturated carbocycles. The zero-order chi connectivity index (χ0) is 20.5. The molecule has 0 heterocycles. The van der Waals surface area contributed by atoms with Crippen molar-refractivity contribution in [3.8, 4) is 28.7 Å². The van der Waals surface area contributed by atoms with Crippen LogP contribution < -0.4 is 24.3 Å². The molecule has 0 aromatic heterocycles. The second kappa shape index (κ2) is 10.0. The number of nitrogens with one attached hydrogen (secondary N) is 1. The van der Waals surface area contributed by atoms with E-state index in [2.05, 4.69) is 5.32 Å². The van der Waals surface area contributed by atoms with Gasteiger partial charge in [-0.15, -0.1) is 0 Å². The third-order valence-electron chi connectivity index (χ3n) is 4.09. The van der Waals surface area contributed by atoms with Crippen molar-refractivity contribution in [3.63, 3.8) is 0 Å². The summed E-state index contributed by atoms with van der Waals surface area (Å²) in [5, 5.41) is 2.84. The van der Waals surface area contributed by atoms with E-state index in [1.54, 1.807) is 50.6 Å². The standard InChI is InChI=1S/C23H23NO5/c1-26-18-11-13-19(14-12-18)28-16-15-23(25)24-17-7-9-20(10-8-17)29-22-6-4-3-5-21(22)27-2/h3-14H,15-16H2,1-2H3,(H,24,25). The molecule has 0 aliphatic carbocycles. The molecule has 6 heteroatoms. The molecule has 3 aromatic carbocycles. The lowest BCUT2D eigenvalue weighted by Crippen LogP contribution is -2.15. The predicted molar refractivity (Wildman–Crippen MR) is 111 cm³/mol. The third-order valence-corrected chi connectivity index (χ3v) is 4.09. The molecule has 6 nitrogen and oxygen atoms in total. The lowest BCUT2D eigenvalue weighted by molar-refractivity contribution is -0.116. The molecule has 0 fully saturated rings. The highest BCUT2D eigenvalue weighted by atomic mass is 16.5. The van der Waals surface area contributed by atoms with Gasteiger partial charge in [-0.1, -0.05) is 12.1 Å². The Morgan fingerprint density at radius 2 is 1.38 bits per heavy atom. The van der Waals surface area contributed by atoms with Crippen LogP contribution in [0.15, 0.2) is 72.8 Å². The molecular formula is C23H23NO5. The van der Waals surface area contributed by atoms with Gasteiger partial charge in [0.2, 0.25) is 5.91 Å². The van der Waals surface area contributed by atoms with Crippen LogP contribution in [-0.2, 0) is 4.79 Å². The summed E-state index contributed by atoms with van der Waals surface area (Å²) in [5.74, 6) is 3.25. The van der Waals surface area contributed by atoms with E-state index in [0.717, 1.165) is 5.75 Å². The lowest BCUT2D eigenvalue weighted by atomic mass is 10.2. The molecule has 0 atom stereocenters. The third kappa shape index (κ3) is 5.90. The molecule has 1 N–H and O–H groups in total. The van der Waals surface area contributed by atoms with E-state index in [9.17, 15) is 4.79 Å². The summed E-state index contributed by atoms with van der Waals surface area (Å²) in [6, 6.07) is 21.8. The normalized spacial score (nSPS) is 10.1. The van der Waals surface area contributed by atoms with Crippen molar-refractivity contribution >= 4 is 11.6 Å². The minimum absolute atomic E-state index is 0.128. The molecule has 0 aliphatic heterocycles. The van der Waals surface area contributed by atoms with Crippen molar-refractivity contribution in [2.45, 2.75) is 6.42 Å². The Balaban J connectivity index is 1.46. The topological polar surface area (TPSA) is 66.0 Å². The van der Waals surface area contributed by atoms with Gasteiger partial charge in [-0.25, -0.2) is 0 Å². The highest BCUT2D eigenvalue weighted by molar-refractivity contribution is 5.90. The smallest absolute Gasteiger partial charge is 0.227 e. The largest absolute Gasteiger partial charge is 0.497 e. The van der Waals surface area contributed by atoms with Crippen molar-refractivity contribution in [1.29, 1.82) is 0 Å². The van der Waals surface area contributed by atoms with E-state index < -0.39 is 0 Å². The number of carbonyl (C=O) groups is 1. The van der Waals surface area contributed by atoms with Crippen LogP contribution in [0.3, 0.4) is 0 Å². The van der Waals surface area contributed by atoms with E-state index in [0.29, 0.717) is 28.7 Å². The maximum atomic E-state index is 12.1. The first-order valence-electron chi connectivity index (χ1n) is 9.15. The molecule has 3 rings (SSSR count). The van der Waals surface area contributed by atoms with Crippen molar-refractivity contribution in [2.24, 2.45) is 0 Å². The van der Waals surface area contributed by atoms with Gasteiger partial charge in [-0.2, -0.15) is 0 Å². The second-order valence-electron chi connectivity index (χ2n) is 6.10. The Bertz CT molecular complexity index is 923. The first kappa shape index (κ1) is 20.1. The number of benzene rings is 3. The van der Waals surface area contributed by atoms with E-state index >= 15 is 0 Å². The average Bonchev–Trinajstić information content (AvgIpc) is 2.76. The van der Waals surface area contributed by atoms with Crippen LogP contribution in [-0.4, -0.2) is 26.7 Å². The fourth-order valence-corrected chi connectivity index (χ4v) is 2.59. The van der Waals surface area contributed by atoms with Crippen LogP contribution in [0.25, 0.3) is 0 Å². The molecule has 3 aromatic rings. The summed E-state index contributed by atoms with van der Waals surface area (Å²) in [5.41, 5.74) is 0.687. The fourth-order valence-electron chi connectivity index (χ4n) is 2.59. The summed E-state index contributed by atoms with van der Waals surface area (Å²) in [4.78, 5) is 12.1. The van der Waals surface area contributed by atoms with Gasteiger partial charge in [-0.05, 0) is 60.7 Å². The fraction of sp³-hybridized carbons (Fsp3) is 0.174. The Kier molecular flexibility index (Phi) is 6.95. The number of ether oxygens (including phenoxy) is 4. The van der Waals surface area contributed by atoms with Crippen LogP contribution >= 0.6 is 0 Å². The average molecular weight is 393 g/mol. The van der Waals surface area contributed by atoms with Crippen molar-refractivity contribution in [3.05, 3.63) is 72.8 Å². The van der Waals surface area contributed by atoms with Gasteiger partial charge in [0.15, 0.2) is 11.5 Å². The first-order chi connectivity index (χ1) is 14.2. The van der Waals surface area contributed by atoms with Gasteiger partial charge < -0.3 is 24.3 Å². The van der Waals surface area contributed by atoms with Gasteiger partial charge in [0.25, 0.3) is 0 Å². The zero-order valence-corrected chi connectivity index (χ0v) is 16.4. The van der Waals surface area contributed by atoms with Crippen molar-refractivity contribution in [1.82, 2.24) is 0 Å². The van der Waals surface area contributed by atoms with Crippen LogP contribution in [0.2, 0.25) is 0 Å². The van der Waals surface area contributed by atoms with E-state index in [4.69, 9.17) is 18.9 Å². The van der Waals surface area contributed by atoms with E-state index in [1.165, 1.54) is 0 Å². The maximum Gasteiger partial charge on any atom is 0.227 e. The maximum absolute atomic E-state index is 12.1. The van der Waals surface area contributed by atoms with Crippen LogP contribution in [0, 0.1) is 0 Å². The van der Waals surface area contributed by atoms with Gasteiger partial charge in [0.05, 0.1) is 27.2 Å². The van der Waals surface area contributed by atoms with Crippen LogP contribution in [0.5, 0.6) is 28.7 Å². The molecule has 0 aliphatic rings. The molecule has 1 amide bonds. The van der Waals surface area contributed by atoms with Gasteiger partial charge >= 0.3 is 0 Å². The van der Waals surface area contributed by atoms with Crippen LogP contribution in [0.1, 0.15) is 6.42 Å². The number of methoxy groups -OCH3 is 2. The molecule has 0 unspecified atom stereocenters. The predicted octanol–water partition coefficient (Wildman–Crippen LogP) is 4.90. The molecular weight excluding hydrogens is 370 g/mol. The quantitative estimate of drug-likeness (QED) is 0.560. The minimum atomic E-state index is -0.128. The monoisotopic (exact) mass is 393 g/mol. The summed E-state index contributed by atoms with van der Waals surface area (Å²) in [6.07, 6.45) is 0.242. The van der Waals surface area contributed by atoms with Gasteiger partial charge in [-0.3, -0.25) is 4.79 Å². The highest BCUT2D eigenvalue weighted by Gasteiger charge is 2.06. The number of anilines is 1. The molecule has 0 bridgehead atoms. The zero-order valence-electron chi connectivity index (χ0n) is 16.4. The lowest BCUT2D eigenvalue weighted by Gasteiger charge is -2.11. The number of carbonyl (C=O) groups excluding carboxylic acids is 1. The number of rotatable bonds is 9. The first-order valence-corrected chi connectivity index (χ1v) is 9.15. The Labute approximate surface area is 170 Å². The van der Waals surface area contributed by atoms with Crippen LogP contribution in [0.4, 0.5) is 5.69 Å². The minimum Gasteiger partial charge on any atom is -0.497 e. The second-order valence-corrected chi connectivity index (χ2v) is 6.10. The summed E-state index contributed by atoms with van der Waals surface area (Å²) in [7, 11) is 3.20. The summed E-state index contributed by atoms with van der Waals surface area (Å²) >= 11 is 0. The Hall–Kier alpha value is -3.67. The Morgan fingerprint density at radius 1 is 0.759 bits per heavy atom. The van der Waals surface area contributed by atoms with Gasteiger partial charge in [0, 0.05) is 5.69 Å². The highest BCUT2D eigenvalue weighted by Crippen LogP contribution is 2.31. The summed E-state index contributed by atoms with van der Waals surface area (Å²) < 4.78 is 21.8. The SMILES string of the molecule is COc1ccc(OCCC(=O)Nc2ccc(Oc3ccccc3OC)cc2)cc1. The van der Waals surface area contributed by atoms with Crippen molar-refractivity contribution in [2.75, 3.05) is 26.1 Å². The number of amides is 1. The molecule has 29 heavy (non-hydrogen) atoms. The van der Waals surface area contributed by atoms with E-state index in [1.807, 2.05) is 36.4 Å². The van der Waals surface area contributed by atoms with Crippen molar-refractivity contribution < 1.29 is 23.7 Å². The number of hydrogen-bond donors (Lipinski definition) is 1. The molecule has 0 radical (unpaired) electrons. The Morgan fingerprint density at radius 3 is 2.03 bits per heavy atom. The van der Waals surface area contributed by atoms with Gasteiger partial charge in [0.1, 0.15) is 17.2 Å².